The zero-order valence-electron chi connectivity index (χ0n) is 14.3. The van der Waals surface area contributed by atoms with Gasteiger partial charge in [-0.15, -0.1) is 0 Å². The maximum absolute atomic E-state index is 13.5. The minimum absolute atomic E-state index is 0.00978. The number of halogens is 4. The number of benzene rings is 1. The van der Waals surface area contributed by atoms with Crippen LogP contribution >= 0.6 is 15.9 Å². The average Bonchev–Trinajstić information content (AvgIpc) is 3.04. The summed E-state index contributed by atoms with van der Waals surface area (Å²) in [6.45, 7) is 2.41. The largest absolute Gasteiger partial charge is 0.433 e. The Morgan fingerprint density at radius 2 is 1.96 bits per heavy atom. The Kier molecular flexibility index (Phi) is 5.50. The SMILES string of the molecule is CCCCNC(=O)c1cnn2c(C(F)(F)F)cc(-c3ccc(Br)cc3)nc12. The molecule has 3 aromatic rings. The summed E-state index contributed by atoms with van der Waals surface area (Å²) >= 11 is 3.29. The van der Waals surface area contributed by atoms with E-state index in [0.717, 1.165) is 29.6 Å². The molecule has 1 amide bonds. The molecule has 0 bridgehead atoms. The van der Waals surface area contributed by atoms with E-state index in [4.69, 9.17) is 0 Å². The van der Waals surface area contributed by atoms with Gasteiger partial charge in [-0.2, -0.15) is 18.3 Å². The first kappa shape index (κ1) is 19.3. The number of hydrogen-bond donors (Lipinski definition) is 1. The van der Waals surface area contributed by atoms with E-state index < -0.39 is 17.8 Å². The third-order valence-corrected chi connectivity index (χ3v) is 4.49. The third-order valence-electron chi connectivity index (χ3n) is 3.96. The second-order valence-electron chi connectivity index (χ2n) is 5.93. The van der Waals surface area contributed by atoms with Gasteiger partial charge in [-0.05, 0) is 24.6 Å². The van der Waals surface area contributed by atoms with Gasteiger partial charge in [-0.3, -0.25) is 4.79 Å². The van der Waals surface area contributed by atoms with Crippen LogP contribution in [-0.4, -0.2) is 27.0 Å². The normalized spacial score (nSPS) is 11.7. The molecule has 2 heterocycles. The first-order chi connectivity index (χ1) is 12.8. The van der Waals surface area contributed by atoms with Crippen molar-refractivity contribution in [2.24, 2.45) is 0 Å². The van der Waals surface area contributed by atoms with Crippen molar-refractivity contribution >= 4 is 27.5 Å². The van der Waals surface area contributed by atoms with E-state index in [2.05, 4.69) is 31.3 Å². The number of rotatable bonds is 5. The van der Waals surface area contributed by atoms with Crippen molar-refractivity contribution in [3.05, 3.63) is 52.3 Å². The van der Waals surface area contributed by atoms with Crippen LogP contribution in [0.2, 0.25) is 0 Å². The van der Waals surface area contributed by atoms with E-state index in [0.29, 0.717) is 16.6 Å². The summed E-state index contributed by atoms with van der Waals surface area (Å²) in [5.41, 5.74) is -0.486. The molecule has 0 unspecified atom stereocenters. The summed E-state index contributed by atoms with van der Waals surface area (Å²) in [5, 5.41) is 6.43. The fraction of sp³-hybridized carbons (Fsp3) is 0.278. The summed E-state index contributed by atoms with van der Waals surface area (Å²) in [6.07, 6.45) is -1.87. The number of carbonyl (C=O) groups excluding carboxylic acids is 1. The zero-order chi connectivity index (χ0) is 19.6. The van der Waals surface area contributed by atoms with Gasteiger partial charge in [0.15, 0.2) is 11.3 Å². The quantitative estimate of drug-likeness (QED) is 0.584. The molecular formula is C18H16BrF3N4O. The number of fused-ring (bicyclic) bond motifs is 1. The highest BCUT2D eigenvalue weighted by molar-refractivity contribution is 9.10. The van der Waals surface area contributed by atoms with E-state index in [1.807, 2.05) is 6.92 Å². The van der Waals surface area contributed by atoms with Crippen LogP contribution in [0.15, 0.2) is 41.0 Å². The molecule has 0 saturated carbocycles. The number of unbranched alkanes of at least 4 members (excludes halogenated alkanes) is 1. The number of alkyl halides is 3. The van der Waals surface area contributed by atoms with Gasteiger partial charge in [-0.25, -0.2) is 9.50 Å². The van der Waals surface area contributed by atoms with E-state index in [-0.39, 0.29) is 16.9 Å². The van der Waals surface area contributed by atoms with Crippen molar-refractivity contribution in [2.45, 2.75) is 25.9 Å². The molecule has 2 aromatic heterocycles. The van der Waals surface area contributed by atoms with Crippen LogP contribution in [0.5, 0.6) is 0 Å². The van der Waals surface area contributed by atoms with E-state index in [1.54, 1.807) is 24.3 Å². The van der Waals surface area contributed by atoms with Gasteiger partial charge in [0, 0.05) is 16.6 Å². The molecule has 0 atom stereocenters. The summed E-state index contributed by atoms with van der Waals surface area (Å²) < 4.78 is 42.1. The maximum Gasteiger partial charge on any atom is 0.433 e. The average molecular weight is 441 g/mol. The van der Waals surface area contributed by atoms with Gasteiger partial charge in [0.05, 0.1) is 11.9 Å². The molecule has 1 aromatic carbocycles. The highest BCUT2D eigenvalue weighted by atomic mass is 79.9. The minimum atomic E-state index is -4.65. The van der Waals surface area contributed by atoms with Crippen LogP contribution in [-0.2, 0) is 6.18 Å². The van der Waals surface area contributed by atoms with Crippen LogP contribution in [0.1, 0.15) is 35.8 Å². The monoisotopic (exact) mass is 440 g/mol. The van der Waals surface area contributed by atoms with Crippen LogP contribution in [0.3, 0.4) is 0 Å². The summed E-state index contributed by atoms with van der Waals surface area (Å²) in [7, 11) is 0. The first-order valence-corrected chi connectivity index (χ1v) is 9.10. The highest BCUT2D eigenvalue weighted by Crippen LogP contribution is 2.33. The topological polar surface area (TPSA) is 59.3 Å². The van der Waals surface area contributed by atoms with Crippen LogP contribution in [0.4, 0.5) is 13.2 Å². The second kappa shape index (κ2) is 7.67. The standard InChI is InChI=1S/C18H16BrF3N4O/c1-2-3-8-23-17(27)13-10-24-26-15(18(20,21)22)9-14(25-16(13)26)11-4-6-12(19)7-5-11/h4-7,9-10H,2-3,8H2,1H3,(H,23,27). The number of amides is 1. The lowest BCUT2D eigenvalue weighted by atomic mass is 10.1. The van der Waals surface area contributed by atoms with Crippen LogP contribution in [0.25, 0.3) is 16.9 Å². The van der Waals surface area contributed by atoms with Crippen LogP contribution in [0, 0.1) is 0 Å². The second-order valence-corrected chi connectivity index (χ2v) is 6.85. The third kappa shape index (κ3) is 4.13. The number of nitrogens with zero attached hydrogens (tertiary/aromatic N) is 3. The predicted octanol–water partition coefficient (Wildman–Crippen LogP) is 4.71. The molecule has 0 aliphatic carbocycles. The minimum Gasteiger partial charge on any atom is -0.352 e. The van der Waals surface area contributed by atoms with Gasteiger partial charge >= 0.3 is 6.18 Å². The molecule has 142 valence electrons. The van der Waals surface area contributed by atoms with Crippen molar-refractivity contribution in [3.63, 3.8) is 0 Å². The van der Waals surface area contributed by atoms with Gasteiger partial charge < -0.3 is 5.32 Å². The molecule has 0 saturated heterocycles. The Balaban J connectivity index is 2.13. The van der Waals surface area contributed by atoms with Crippen molar-refractivity contribution in [1.82, 2.24) is 19.9 Å². The summed E-state index contributed by atoms with van der Waals surface area (Å²) in [4.78, 5) is 16.6. The lowest BCUT2D eigenvalue weighted by Crippen LogP contribution is -2.24. The number of aromatic nitrogens is 3. The molecule has 1 N–H and O–H groups in total. The summed E-state index contributed by atoms with van der Waals surface area (Å²) in [5.74, 6) is -0.493. The molecule has 0 fully saturated rings. The van der Waals surface area contributed by atoms with Gasteiger partial charge in [0.2, 0.25) is 0 Å². The van der Waals surface area contributed by atoms with E-state index in [9.17, 15) is 18.0 Å². The molecule has 5 nitrogen and oxygen atoms in total. The van der Waals surface area contributed by atoms with Crippen molar-refractivity contribution < 1.29 is 18.0 Å². The van der Waals surface area contributed by atoms with Crippen LogP contribution < -0.4 is 5.32 Å². The Hall–Kier alpha value is -2.42. The van der Waals surface area contributed by atoms with Crippen molar-refractivity contribution in [3.8, 4) is 11.3 Å². The van der Waals surface area contributed by atoms with E-state index in [1.165, 1.54) is 0 Å². The lowest BCUT2D eigenvalue weighted by Gasteiger charge is -2.12. The molecule has 0 aliphatic heterocycles. The number of carbonyl (C=O) groups is 1. The Morgan fingerprint density at radius 1 is 1.26 bits per heavy atom. The Labute approximate surface area is 161 Å². The Bertz CT molecular complexity index is 967. The number of nitrogens with one attached hydrogen (secondary N) is 1. The van der Waals surface area contributed by atoms with Crippen molar-refractivity contribution in [1.29, 1.82) is 0 Å². The Morgan fingerprint density at radius 3 is 2.59 bits per heavy atom. The van der Waals surface area contributed by atoms with Gasteiger partial charge in [0.1, 0.15) is 5.56 Å². The lowest BCUT2D eigenvalue weighted by molar-refractivity contribution is -0.142. The molecule has 0 spiro atoms. The van der Waals surface area contributed by atoms with E-state index >= 15 is 0 Å². The zero-order valence-corrected chi connectivity index (χ0v) is 15.9. The molecule has 3 rings (SSSR count). The van der Waals surface area contributed by atoms with Gasteiger partial charge in [-0.1, -0.05) is 41.4 Å². The fourth-order valence-corrected chi connectivity index (χ4v) is 2.83. The van der Waals surface area contributed by atoms with Crippen molar-refractivity contribution in [2.75, 3.05) is 6.54 Å². The molecule has 9 heteroatoms. The number of hydrogen-bond acceptors (Lipinski definition) is 3. The molecule has 0 aliphatic rings. The highest BCUT2D eigenvalue weighted by Gasteiger charge is 2.36. The molecular weight excluding hydrogens is 425 g/mol. The fourth-order valence-electron chi connectivity index (χ4n) is 2.57. The summed E-state index contributed by atoms with van der Waals surface area (Å²) in [6, 6.07) is 7.66. The predicted molar refractivity (Wildman–Crippen MR) is 98.4 cm³/mol. The maximum atomic E-state index is 13.5. The first-order valence-electron chi connectivity index (χ1n) is 8.31. The molecule has 0 radical (unpaired) electrons. The molecule has 27 heavy (non-hydrogen) atoms. The van der Waals surface area contributed by atoms with Gasteiger partial charge in [0.25, 0.3) is 5.91 Å². The smallest absolute Gasteiger partial charge is 0.352 e.